The Morgan fingerprint density at radius 2 is 2.38 bits per heavy atom. The molecule has 0 aromatic heterocycles. The maximum absolute atomic E-state index is 12.8. The summed E-state index contributed by atoms with van der Waals surface area (Å²) >= 11 is 5.95. The molecule has 1 saturated heterocycles. The Hall–Kier alpha value is -0.640. The predicted octanol–water partition coefficient (Wildman–Crippen LogP) is 2.32. The summed E-state index contributed by atoms with van der Waals surface area (Å²) in [4.78, 5) is 0. The second-order valence-corrected chi connectivity index (χ2v) is 4.57. The maximum atomic E-state index is 12.8. The summed E-state index contributed by atoms with van der Waals surface area (Å²) in [6, 6.07) is 5.04. The molecule has 0 amide bonds. The van der Waals surface area contributed by atoms with E-state index in [4.69, 9.17) is 11.6 Å². The topological polar surface area (TPSA) is 24.1 Å². The second-order valence-electron chi connectivity index (χ2n) is 4.16. The lowest BCUT2D eigenvalue weighted by Crippen LogP contribution is -2.42. The van der Waals surface area contributed by atoms with Crippen LogP contribution < -0.4 is 10.6 Å². The predicted molar refractivity (Wildman–Crippen MR) is 64.1 cm³/mol. The molecular formula is C12H16ClFN2. The summed E-state index contributed by atoms with van der Waals surface area (Å²) in [5, 5.41) is 7.26. The van der Waals surface area contributed by atoms with Gasteiger partial charge in [-0.2, -0.15) is 0 Å². The van der Waals surface area contributed by atoms with E-state index < -0.39 is 0 Å². The maximum Gasteiger partial charge on any atom is 0.124 e. The summed E-state index contributed by atoms with van der Waals surface area (Å²) in [6.45, 7) is 2.81. The van der Waals surface area contributed by atoms with Crippen molar-refractivity contribution >= 4 is 11.6 Å². The van der Waals surface area contributed by atoms with Gasteiger partial charge < -0.3 is 10.6 Å². The summed E-state index contributed by atoms with van der Waals surface area (Å²) < 4.78 is 12.8. The SMILES string of the molecule is Fc1ccc(CNC2CCCNC2)c(Cl)c1. The molecule has 4 heteroatoms. The number of nitrogens with one attached hydrogen (secondary N) is 2. The number of halogens is 2. The first-order valence-corrected chi connectivity index (χ1v) is 6.01. The van der Waals surface area contributed by atoms with Crippen LogP contribution in [0, 0.1) is 5.82 Å². The average molecular weight is 243 g/mol. The molecule has 2 rings (SSSR count). The smallest absolute Gasteiger partial charge is 0.124 e. The Morgan fingerprint density at radius 1 is 1.50 bits per heavy atom. The third-order valence-electron chi connectivity index (χ3n) is 2.89. The van der Waals surface area contributed by atoms with Crippen LogP contribution in [0.4, 0.5) is 4.39 Å². The van der Waals surface area contributed by atoms with Crippen LogP contribution in [0.5, 0.6) is 0 Å². The minimum absolute atomic E-state index is 0.284. The van der Waals surface area contributed by atoms with Crippen LogP contribution in [0.3, 0.4) is 0 Å². The lowest BCUT2D eigenvalue weighted by atomic mass is 10.1. The number of piperidine rings is 1. The van der Waals surface area contributed by atoms with Gasteiger partial charge in [0.15, 0.2) is 0 Å². The van der Waals surface area contributed by atoms with Gasteiger partial charge in [0.25, 0.3) is 0 Å². The fraction of sp³-hybridized carbons (Fsp3) is 0.500. The van der Waals surface area contributed by atoms with Gasteiger partial charge in [-0.1, -0.05) is 17.7 Å². The highest BCUT2D eigenvalue weighted by Gasteiger charge is 2.12. The highest BCUT2D eigenvalue weighted by atomic mass is 35.5. The van der Waals surface area contributed by atoms with E-state index in [-0.39, 0.29) is 5.82 Å². The van der Waals surface area contributed by atoms with Crippen molar-refractivity contribution in [1.82, 2.24) is 10.6 Å². The quantitative estimate of drug-likeness (QED) is 0.850. The molecule has 0 radical (unpaired) electrons. The highest BCUT2D eigenvalue weighted by molar-refractivity contribution is 6.31. The summed E-state index contributed by atoms with van der Waals surface area (Å²) in [6.07, 6.45) is 2.39. The third-order valence-corrected chi connectivity index (χ3v) is 3.25. The number of hydrogen-bond donors (Lipinski definition) is 2. The Labute approximate surface area is 100 Å². The molecule has 16 heavy (non-hydrogen) atoms. The highest BCUT2D eigenvalue weighted by Crippen LogP contribution is 2.17. The zero-order valence-corrected chi connectivity index (χ0v) is 9.86. The average Bonchev–Trinajstić information content (AvgIpc) is 2.29. The van der Waals surface area contributed by atoms with Crippen LogP contribution in [0.15, 0.2) is 18.2 Å². The Bertz CT molecular complexity index is 351. The van der Waals surface area contributed by atoms with E-state index in [0.29, 0.717) is 17.6 Å². The van der Waals surface area contributed by atoms with Crippen LogP contribution in [0.25, 0.3) is 0 Å². The fourth-order valence-corrected chi connectivity index (χ4v) is 2.18. The molecule has 1 heterocycles. The lowest BCUT2D eigenvalue weighted by molar-refractivity contribution is 0.389. The molecule has 1 aromatic rings. The van der Waals surface area contributed by atoms with E-state index in [0.717, 1.165) is 18.7 Å². The van der Waals surface area contributed by atoms with Crippen molar-refractivity contribution in [2.45, 2.75) is 25.4 Å². The van der Waals surface area contributed by atoms with E-state index in [2.05, 4.69) is 10.6 Å². The molecule has 1 aliphatic rings. The van der Waals surface area contributed by atoms with Gasteiger partial charge in [0.05, 0.1) is 0 Å². The van der Waals surface area contributed by atoms with Gasteiger partial charge in [0, 0.05) is 24.2 Å². The van der Waals surface area contributed by atoms with Gasteiger partial charge >= 0.3 is 0 Å². The fourth-order valence-electron chi connectivity index (χ4n) is 1.95. The lowest BCUT2D eigenvalue weighted by Gasteiger charge is -2.24. The van der Waals surface area contributed by atoms with Crippen molar-refractivity contribution in [3.05, 3.63) is 34.6 Å². The standard InChI is InChI=1S/C12H16ClFN2/c13-12-6-10(14)4-3-9(12)7-16-11-2-1-5-15-8-11/h3-4,6,11,15-16H,1-2,5,7-8H2. The first-order valence-electron chi connectivity index (χ1n) is 5.64. The van der Waals surface area contributed by atoms with E-state index >= 15 is 0 Å². The molecule has 0 spiro atoms. The molecule has 1 aliphatic heterocycles. The van der Waals surface area contributed by atoms with Crippen molar-refractivity contribution in [3.63, 3.8) is 0 Å². The van der Waals surface area contributed by atoms with Gasteiger partial charge in [-0.25, -0.2) is 4.39 Å². The Balaban J connectivity index is 1.88. The minimum atomic E-state index is -0.284. The van der Waals surface area contributed by atoms with E-state index in [1.807, 2.05) is 0 Å². The molecule has 2 nitrogen and oxygen atoms in total. The minimum Gasteiger partial charge on any atom is -0.315 e. The Kier molecular flexibility index (Phi) is 4.16. The molecular weight excluding hydrogens is 227 g/mol. The monoisotopic (exact) mass is 242 g/mol. The first kappa shape index (κ1) is 11.8. The molecule has 1 aromatic carbocycles. The number of hydrogen-bond acceptors (Lipinski definition) is 2. The van der Waals surface area contributed by atoms with Crippen molar-refractivity contribution in [3.8, 4) is 0 Å². The van der Waals surface area contributed by atoms with Crippen molar-refractivity contribution < 1.29 is 4.39 Å². The zero-order valence-electron chi connectivity index (χ0n) is 9.10. The van der Waals surface area contributed by atoms with Crippen LogP contribution in [-0.2, 0) is 6.54 Å². The summed E-state index contributed by atoms with van der Waals surface area (Å²) in [5.41, 5.74) is 0.952. The first-order chi connectivity index (χ1) is 7.75. The van der Waals surface area contributed by atoms with Crippen LogP contribution in [0.1, 0.15) is 18.4 Å². The van der Waals surface area contributed by atoms with Crippen LogP contribution in [-0.4, -0.2) is 19.1 Å². The third kappa shape index (κ3) is 3.17. The molecule has 0 bridgehead atoms. The molecule has 88 valence electrons. The van der Waals surface area contributed by atoms with Gasteiger partial charge in [0.2, 0.25) is 0 Å². The van der Waals surface area contributed by atoms with Gasteiger partial charge in [-0.15, -0.1) is 0 Å². The van der Waals surface area contributed by atoms with Gasteiger partial charge in [0.1, 0.15) is 5.82 Å². The van der Waals surface area contributed by atoms with E-state index in [1.54, 1.807) is 6.07 Å². The van der Waals surface area contributed by atoms with E-state index in [1.165, 1.54) is 25.0 Å². The van der Waals surface area contributed by atoms with Crippen LogP contribution >= 0.6 is 11.6 Å². The number of benzene rings is 1. The zero-order chi connectivity index (χ0) is 11.4. The summed E-state index contributed by atoms with van der Waals surface area (Å²) in [7, 11) is 0. The molecule has 0 saturated carbocycles. The normalized spacial score (nSPS) is 21.0. The molecule has 1 fully saturated rings. The van der Waals surface area contributed by atoms with Crippen molar-refractivity contribution in [2.24, 2.45) is 0 Å². The molecule has 0 aliphatic carbocycles. The largest absolute Gasteiger partial charge is 0.315 e. The van der Waals surface area contributed by atoms with Crippen molar-refractivity contribution in [1.29, 1.82) is 0 Å². The van der Waals surface area contributed by atoms with Gasteiger partial charge in [-0.05, 0) is 37.1 Å². The number of rotatable bonds is 3. The van der Waals surface area contributed by atoms with Crippen LogP contribution in [0.2, 0.25) is 5.02 Å². The van der Waals surface area contributed by atoms with Gasteiger partial charge in [-0.3, -0.25) is 0 Å². The molecule has 1 atom stereocenters. The Morgan fingerprint density at radius 3 is 3.06 bits per heavy atom. The molecule has 1 unspecified atom stereocenters. The van der Waals surface area contributed by atoms with E-state index in [9.17, 15) is 4.39 Å². The van der Waals surface area contributed by atoms with Crippen molar-refractivity contribution in [2.75, 3.05) is 13.1 Å². The summed E-state index contributed by atoms with van der Waals surface area (Å²) in [5.74, 6) is -0.284. The second kappa shape index (κ2) is 5.62. The molecule has 2 N–H and O–H groups in total.